The van der Waals surface area contributed by atoms with Gasteiger partial charge >= 0.3 is 0 Å². The number of fused-ring (bicyclic) bond motifs is 1. The lowest BCUT2D eigenvalue weighted by atomic mass is 10.3. The second-order valence-electron chi connectivity index (χ2n) is 7.15. The van der Waals surface area contributed by atoms with Crippen LogP contribution in [-0.2, 0) is 17.8 Å². The van der Waals surface area contributed by atoms with Crippen LogP contribution in [0.3, 0.4) is 0 Å². The molecule has 0 spiro atoms. The second kappa shape index (κ2) is 11.7. The number of allylic oxidation sites excluding steroid dienone is 1. The fraction of sp³-hybridized carbons (Fsp3) is 0.217. The summed E-state index contributed by atoms with van der Waals surface area (Å²) in [6.45, 7) is 4.84. The first-order valence-electron chi connectivity index (χ1n) is 10.4. The molecule has 0 bridgehead atoms. The van der Waals surface area contributed by atoms with Gasteiger partial charge in [0.05, 0.1) is 27.6 Å². The zero-order valence-corrected chi connectivity index (χ0v) is 21.2. The van der Waals surface area contributed by atoms with Crippen LogP contribution in [0.5, 0.6) is 5.75 Å². The molecular formula is C23H21Cl2N5O2S2. The highest BCUT2D eigenvalue weighted by Gasteiger charge is 2.15. The van der Waals surface area contributed by atoms with Gasteiger partial charge in [0.2, 0.25) is 5.91 Å². The molecule has 2 heterocycles. The van der Waals surface area contributed by atoms with Gasteiger partial charge in [-0.1, -0.05) is 64.5 Å². The summed E-state index contributed by atoms with van der Waals surface area (Å²) in [5.74, 6) is 1.45. The van der Waals surface area contributed by atoms with Gasteiger partial charge in [-0.15, -0.1) is 16.8 Å². The summed E-state index contributed by atoms with van der Waals surface area (Å²) < 4.78 is 8.73. The van der Waals surface area contributed by atoms with Gasteiger partial charge in [-0.25, -0.2) is 4.98 Å². The SMILES string of the molecule is C=CCn1c(CCCOc2ccc(Cl)cc2Cl)nnc1SCC(=O)Nc1nc2ccccc2s1. The minimum atomic E-state index is -0.146. The molecule has 176 valence electrons. The molecular weight excluding hydrogens is 513 g/mol. The van der Waals surface area contributed by atoms with Crippen LogP contribution in [-0.4, -0.2) is 38.0 Å². The van der Waals surface area contributed by atoms with E-state index in [-0.39, 0.29) is 11.7 Å². The van der Waals surface area contributed by atoms with Gasteiger partial charge in [0, 0.05) is 18.0 Å². The van der Waals surface area contributed by atoms with Crippen LogP contribution in [0.15, 0.2) is 60.3 Å². The highest BCUT2D eigenvalue weighted by molar-refractivity contribution is 7.99. The molecule has 2 aromatic carbocycles. The van der Waals surface area contributed by atoms with Crippen molar-refractivity contribution in [2.24, 2.45) is 0 Å². The summed E-state index contributed by atoms with van der Waals surface area (Å²) in [5.41, 5.74) is 0.869. The molecule has 1 N–H and O–H groups in total. The van der Waals surface area contributed by atoms with Crippen LogP contribution < -0.4 is 10.1 Å². The maximum absolute atomic E-state index is 12.5. The molecule has 0 aliphatic heterocycles. The Bertz CT molecular complexity index is 1270. The number of para-hydroxylation sites is 1. The third-order valence-corrected chi connectivity index (χ3v) is 7.12. The molecule has 0 saturated heterocycles. The number of carbonyl (C=O) groups excluding carboxylic acids is 1. The molecule has 7 nitrogen and oxygen atoms in total. The first kappa shape index (κ1) is 24.5. The maximum atomic E-state index is 12.5. The second-order valence-corrected chi connectivity index (χ2v) is 9.97. The van der Waals surface area contributed by atoms with Gasteiger partial charge in [-0.3, -0.25) is 4.79 Å². The van der Waals surface area contributed by atoms with Gasteiger partial charge < -0.3 is 14.6 Å². The Hall–Kier alpha value is -2.59. The van der Waals surface area contributed by atoms with E-state index in [9.17, 15) is 4.79 Å². The molecule has 0 radical (unpaired) electrons. The van der Waals surface area contributed by atoms with E-state index in [2.05, 4.69) is 27.1 Å². The Morgan fingerprint density at radius 2 is 2.09 bits per heavy atom. The summed E-state index contributed by atoms with van der Waals surface area (Å²) >= 11 is 14.8. The van der Waals surface area contributed by atoms with Crippen molar-refractivity contribution < 1.29 is 9.53 Å². The van der Waals surface area contributed by atoms with Crippen molar-refractivity contribution in [3.05, 3.63) is 71.0 Å². The Morgan fingerprint density at radius 1 is 1.24 bits per heavy atom. The van der Waals surface area contributed by atoms with Crippen LogP contribution in [0, 0.1) is 0 Å². The molecule has 0 unspecified atom stereocenters. The Morgan fingerprint density at radius 3 is 2.88 bits per heavy atom. The van der Waals surface area contributed by atoms with Crippen molar-refractivity contribution in [3.63, 3.8) is 0 Å². The smallest absolute Gasteiger partial charge is 0.236 e. The van der Waals surface area contributed by atoms with E-state index in [1.807, 2.05) is 28.8 Å². The number of rotatable bonds is 11. The third kappa shape index (κ3) is 6.29. The van der Waals surface area contributed by atoms with Crippen LogP contribution in [0.25, 0.3) is 10.2 Å². The van der Waals surface area contributed by atoms with Crippen LogP contribution in [0.1, 0.15) is 12.2 Å². The monoisotopic (exact) mass is 533 g/mol. The van der Waals surface area contributed by atoms with Gasteiger partial charge in [-0.05, 0) is 36.8 Å². The van der Waals surface area contributed by atoms with E-state index >= 15 is 0 Å². The molecule has 0 fully saturated rings. The highest BCUT2D eigenvalue weighted by Crippen LogP contribution is 2.28. The molecule has 0 saturated carbocycles. The Balaban J connectivity index is 1.30. The van der Waals surface area contributed by atoms with E-state index in [4.69, 9.17) is 27.9 Å². The zero-order valence-electron chi connectivity index (χ0n) is 18.0. The number of thiazole rings is 1. The van der Waals surface area contributed by atoms with E-state index in [1.54, 1.807) is 24.3 Å². The van der Waals surface area contributed by atoms with Crippen molar-refractivity contribution in [3.8, 4) is 5.75 Å². The van der Waals surface area contributed by atoms with Crippen molar-refractivity contribution >= 4 is 67.6 Å². The first-order chi connectivity index (χ1) is 16.5. The van der Waals surface area contributed by atoms with Crippen molar-refractivity contribution in [2.75, 3.05) is 17.7 Å². The molecule has 4 rings (SSSR count). The minimum absolute atomic E-state index is 0.146. The van der Waals surface area contributed by atoms with Crippen molar-refractivity contribution in [1.29, 1.82) is 0 Å². The fourth-order valence-electron chi connectivity index (χ4n) is 3.14. The lowest BCUT2D eigenvalue weighted by Crippen LogP contribution is -2.14. The molecule has 0 aliphatic rings. The van der Waals surface area contributed by atoms with Gasteiger partial charge in [-0.2, -0.15) is 0 Å². The zero-order chi connectivity index (χ0) is 23.9. The average molecular weight is 534 g/mol. The number of hydrogen-bond donors (Lipinski definition) is 1. The largest absolute Gasteiger partial charge is 0.492 e. The van der Waals surface area contributed by atoms with Gasteiger partial charge in [0.1, 0.15) is 11.6 Å². The number of thioether (sulfide) groups is 1. The predicted molar refractivity (Wildman–Crippen MR) is 139 cm³/mol. The average Bonchev–Trinajstić information content (AvgIpc) is 3.40. The van der Waals surface area contributed by atoms with E-state index < -0.39 is 0 Å². The number of amides is 1. The number of nitrogens with one attached hydrogen (secondary N) is 1. The third-order valence-electron chi connectivity index (χ3n) is 4.67. The summed E-state index contributed by atoms with van der Waals surface area (Å²) in [6, 6.07) is 12.9. The topological polar surface area (TPSA) is 81.9 Å². The van der Waals surface area contributed by atoms with Crippen LogP contribution in [0.2, 0.25) is 10.0 Å². The highest BCUT2D eigenvalue weighted by atomic mass is 35.5. The van der Waals surface area contributed by atoms with Crippen molar-refractivity contribution in [2.45, 2.75) is 24.5 Å². The lowest BCUT2D eigenvalue weighted by Gasteiger charge is -2.09. The number of carbonyl (C=O) groups is 1. The van der Waals surface area contributed by atoms with Gasteiger partial charge in [0.25, 0.3) is 0 Å². The van der Waals surface area contributed by atoms with E-state index in [0.717, 1.165) is 22.5 Å². The number of anilines is 1. The lowest BCUT2D eigenvalue weighted by molar-refractivity contribution is -0.113. The number of hydrogen-bond acceptors (Lipinski definition) is 7. The fourth-order valence-corrected chi connectivity index (χ4v) is 5.25. The minimum Gasteiger partial charge on any atom is -0.492 e. The predicted octanol–water partition coefficient (Wildman–Crippen LogP) is 6.12. The molecule has 34 heavy (non-hydrogen) atoms. The van der Waals surface area contributed by atoms with E-state index in [1.165, 1.54) is 23.1 Å². The molecule has 4 aromatic rings. The van der Waals surface area contributed by atoms with E-state index in [0.29, 0.717) is 45.7 Å². The van der Waals surface area contributed by atoms with Gasteiger partial charge in [0.15, 0.2) is 10.3 Å². The first-order valence-corrected chi connectivity index (χ1v) is 13.0. The van der Waals surface area contributed by atoms with Crippen molar-refractivity contribution in [1.82, 2.24) is 19.7 Å². The summed E-state index contributed by atoms with van der Waals surface area (Å²) in [7, 11) is 0. The standard InChI is InChI=1S/C23H21Cl2N5O2S2/c1-2-11-30-20(8-5-12-32-18-10-9-15(24)13-16(18)25)28-29-23(30)33-14-21(31)27-22-26-17-6-3-4-7-19(17)34-22/h2-4,6-7,9-10,13H,1,5,8,11-12,14H2,(H,26,27,31). The number of aromatic nitrogens is 4. The molecule has 2 aromatic heterocycles. The van der Waals surface area contributed by atoms with Crippen LogP contribution in [0.4, 0.5) is 5.13 Å². The number of nitrogens with zero attached hydrogens (tertiary/aromatic N) is 4. The number of aryl methyl sites for hydroxylation is 1. The Kier molecular flexibility index (Phi) is 8.44. The number of halogens is 2. The molecule has 0 aliphatic carbocycles. The number of benzene rings is 2. The molecule has 0 atom stereocenters. The summed E-state index contributed by atoms with van der Waals surface area (Å²) in [5, 5.41) is 13.7. The number of ether oxygens (including phenoxy) is 1. The van der Waals surface area contributed by atoms with Crippen LogP contribution >= 0.6 is 46.3 Å². The normalized spacial score (nSPS) is 11.0. The molecule has 11 heteroatoms. The summed E-state index contributed by atoms with van der Waals surface area (Å²) in [6.07, 6.45) is 3.16. The molecule has 1 amide bonds. The Labute approximate surface area is 215 Å². The maximum Gasteiger partial charge on any atom is 0.236 e. The summed E-state index contributed by atoms with van der Waals surface area (Å²) in [4.78, 5) is 16.9. The quantitative estimate of drug-likeness (QED) is 0.142.